The number of nitrogens with two attached hydrogens (primary N) is 3. The topological polar surface area (TPSA) is 200 Å². The Kier molecular flexibility index (Phi) is 9.39. The number of rotatable bonds is 11. The van der Waals surface area contributed by atoms with Crippen molar-refractivity contribution in [2.24, 2.45) is 33.6 Å². The first-order valence-corrected chi connectivity index (χ1v) is 13.1. The zero-order valence-corrected chi connectivity index (χ0v) is 23.1. The molecule has 11 heteroatoms. The molecule has 1 aliphatic rings. The standard InChI is InChI=1S/C29H37N9O2/c1-17-13-25(15-30)38(20(17)4)19(3)16-35-18(2)14-29(28(33)36-37-34,23-9-5-21(6-10-23)26(31)39)24-11-7-22(8-12-24)27(32)40/h5-12,17-18,20,25,35H,3,13-14,16H2,1-2,4H3,(H2,31,39)(H2,32,40)(H3,33,34,36)/t17-,18+,20?,25?/m0/s1. The molecule has 210 valence electrons. The summed E-state index contributed by atoms with van der Waals surface area (Å²) >= 11 is 0. The van der Waals surface area contributed by atoms with Crippen molar-refractivity contribution in [3.8, 4) is 6.07 Å². The Hall–Kier alpha value is -4.56. The maximum absolute atomic E-state index is 11.7. The Balaban J connectivity index is 2.00. The third kappa shape index (κ3) is 6.02. The highest BCUT2D eigenvalue weighted by atomic mass is 16.1. The van der Waals surface area contributed by atoms with Crippen molar-refractivity contribution in [3.63, 3.8) is 0 Å². The highest BCUT2D eigenvalue weighted by Crippen LogP contribution is 2.39. The predicted octanol–water partition coefficient (Wildman–Crippen LogP) is 2.98. The zero-order valence-electron chi connectivity index (χ0n) is 23.1. The second-order valence-electron chi connectivity index (χ2n) is 10.4. The van der Waals surface area contributed by atoms with Crippen LogP contribution in [0.2, 0.25) is 0 Å². The fourth-order valence-corrected chi connectivity index (χ4v) is 5.51. The van der Waals surface area contributed by atoms with Gasteiger partial charge in [-0.05, 0) is 68.0 Å². The van der Waals surface area contributed by atoms with Crippen molar-refractivity contribution < 1.29 is 9.59 Å². The Labute approximate surface area is 234 Å². The van der Waals surface area contributed by atoms with E-state index >= 15 is 0 Å². The normalized spacial score (nSPS) is 19.8. The van der Waals surface area contributed by atoms with Crippen molar-refractivity contribution in [1.29, 1.82) is 10.7 Å². The highest BCUT2D eigenvalue weighted by Gasteiger charge is 2.42. The summed E-state index contributed by atoms with van der Waals surface area (Å²) in [5, 5.41) is 29.4. The monoisotopic (exact) mass is 543 g/mol. The number of benzene rings is 2. The van der Waals surface area contributed by atoms with Gasteiger partial charge in [0, 0.05) is 35.5 Å². The van der Waals surface area contributed by atoms with Gasteiger partial charge in [-0.25, -0.2) is 0 Å². The van der Waals surface area contributed by atoms with Gasteiger partial charge >= 0.3 is 0 Å². The maximum atomic E-state index is 11.7. The number of nitrogens with one attached hydrogen (secondary N) is 2. The Morgan fingerprint density at radius 3 is 2.05 bits per heavy atom. The molecule has 1 saturated heterocycles. The van der Waals surface area contributed by atoms with Gasteiger partial charge in [0.2, 0.25) is 11.8 Å². The van der Waals surface area contributed by atoms with Gasteiger partial charge < -0.3 is 27.5 Å². The average Bonchev–Trinajstić information content (AvgIpc) is 3.23. The fraction of sp³-hybridized carbons (Fsp3) is 0.379. The fourth-order valence-electron chi connectivity index (χ4n) is 5.51. The second-order valence-corrected chi connectivity index (χ2v) is 10.4. The van der Waals surface area contributed by atoms with Crippen LogP contribution < -0.4 is 22.6 Å². The summed E-state index contributed by atoms with van der Waals surface area (Å²) in [4.78, 5) is 25.6. The first-order chi connectivity index (χ1) is 19.0. The number of carbonyl (C=O) groups is 2. The lowest BCUT2D eigenvalue weighted by Gasteiger charge is -2.37. The summed E-state index contributed by atoms with van der Waals surface area (Å²) in [6.07, 6.45) is 1.12. The summed E-state index contributed by atoms with van der Waals surface area (Å²) in [6.45, 7) is 10.9. The summed E-state index contributed by atoms with van der Waals surface area (Å²) in [5.74, 6) is 4.49. The smallest absolute Gasteiger partial charge is 0.248 e. The van der Waals surface area contributed by atoms with E-state index in [-0.39, 0.29) is 24.0 Å². The number of amidine groups is 1. The molecule has 4 atom stereocenters. The van der Waals surface area contributed by atoms with E-state index in [1.54, 1.807) is 48.5 Å². The number of nitrogens with zero attached hydrogens (tertiary/aromatic N) is 4. The third-order valence-electron chi connectivity index (χ3n) is 7.86. The van der Waals surface area contributed by atoms with Gasteiger partial charge in [0.05, 0.1) is 11.5 Å². The quantitative estimate of drug-likeness (QED) is 0.0947. The number of carbonyl (C=O) groups excluding carboxylic acids is 2. The molecular formula is C29H37N9O2. The van der Waals surface area contributed by atoms with Crippen LogP contribution in [0.4, 0.5) is 0 Å². The van der Waals surface area contributed by atoms with Crippen molar-refractivity contribution in [1.82, 2.24) is 10.2 Å². The lowest BCUT2D eigenvalue weighted by Crippen LogP contribution is -2.44. The molecule has 0 aromatic heterocycles. The molecule has 0 radical (unpaired) electrons. The van der Waals surface area contributed by atoms with Crippen LogP contribution in [0.15, 0.2) is 71.1 Å². The van der Waals surface area contributed by atoms with E-state index in [9.17, 15) is 14.9 Å². The molecule has 0 aliphatic carbocycles. The summed E-state index contributed by atoms with van der Waals surface area (Å²) in [6, 6.07) is 15.4. The molecule has 2 aromatic carbocycles. The van der Waals surface area contributed by atoms with Gasteiger partial charge in [0.15, 0.2) is 5.84 Å². The molecule has 0 spiro atoms. The summed E-state index contributed by atoms with van der Waals surface area (Å²) < 4.78 is 0. The molecule has 8 N–H and O–H groups in total. The average molecular weight is 544 g/mol. The first kappa shape index (κ1) is 30.0. The van der Waals surface area contributed by atoms with E-state index in [0.29, 0.717) is 41.1 Å². The van der Waals surface area contributed by atoms with Crippen LogP contribution in [0, 0.1) is 22.7 Å². The van der Waals surface area contributed by atoms with Crippen LogP contribution in [0.5, 0.6) is 0 Å². The zero-order chi connectivity index (χ0) is 29.6. The van der Waals surface area contributed by atoms with Crippen LogP contribution in [-0.2, 0) is 5.41 Å². The maximum Gasteiger partial charge on any atom is 0.248 e. The van der Waals surface area contributed by atoms with E-state index in [1.165, 1.54) is 0 Å². The van der Waals surface area contributed by atoms with Gasteiger partial charge in [-0.2, -0.15) is 5.26 Å². The molecule has 1 heterocycles. The SMILES string of the molecule is C=C(CN[C@H](C)CC(C(=N)N=NN)(c1ccc(C(N)=O)cc1)c1ccc(C(N)=O)cc1)N1C(C#N)C[C@H](C)C1C. The van der Waals surface area contributed by atoms with E-state index in [2.05, 4.69) is 47.0 Å². The lowest BCUT2D eigenvalue weighted by molar-refractivity contribution is 0.0992. The van der Waals surface area contributed by atoms with E-state index in [1.807, 2.05) is 6.92 Å². The lowest BCUT2D eigenvalue weighted by atomic mass is 9.69. The molecule has 11 nitrogen and oxygen atoms in total. The van der Waals surface area contributed by atoms with Crippen molar-refractivity contribution in [2.75, 3.05) is 6.54 Å². The van der Waals surface area contributed by atoms with Crippen molar-refractivity contribution in [2.45, 2.75) is 57.2 Å². The molecule has 1 fully saturated rings. The highest BCUT2D eigenvalue weighted by molar-refractivity contribution is 5.97. The van der Waals surface area contributed by atoms with E-state index in [0.717, 1.165) is 12.1 Å². The number of amides is 2. The molecule has 3 rings (SSSR count). The van der Waals surface area contributed by atoms with Crippen molar-refractivity contribution in [3.05, 3.63) is 83.1 Å². The Bertz CT molecular complexity index is 1270. The number of nitriles is 1. The second kappa shape index (κ2) is 12.5. The van der Waals surface area contributed by atoms with Crippen LogP contribution in [-0.4, -0.2) is 47.2 Å². The molecule has 2 amide bonds. The van der Waals surface area contributed by atoms with Gasteiger partial charge in [-0.1, -0.05) is 43.0 Å². The summed E-state index contributed by atoms with van der Waals surface area (Å²) in [7, 11) is 0. The number of hydrogen-bond acceptors (Lipinski definition) is 7. The van der Waals surface area contributed by atoms with E-state index < -0.39 is 17.2 Å². The summed E-state index contributed by atoms with van der Waals surface area (Å²) in [5.41, 5.74) is 12.5. The molecule has 0 bridgehead atoms. The Morgan fingerprint density at radius 1 is 1.12 bits per heavy atom. The van der Waals surface area contributed by atoms with Gasteiger partial charge in [0.1, 0.15) is 6.04 Å². The minimum absolute atomic E-state index is 0.132. The van der Waals surface area contributed by atoms with Crippen molar-refractivity contribution >= 4 is 17.6 Å². The number of hydrogen-bond donors (Lipinski definition) is 5. The molecule has 2 unspecified atom stereocenters. The van der Waals surface area contributed by atoms with Crippen LogP contribution >= 0.6 is 0 Å². The minimum Gasteiger partial charge on any atom is -0.366 e. The predicted molar refractivity (Wildman–Crippen MR) is 153 cm³/mol. The molecular weight excluding hydrogens is 506 g/mol. The van der Waals surface area contributed by atoms with Gasteiger partial charge in [-0.3, -0.25) is 15.0 Å². The Morgan fingerprint density at radius 2 is 1.62 bits per heavy atom. The molecule has 2 aromatic rings. The third-order valence-corrected chi connectivity index (χ3v) is 7.86. The number of likely N-dealkylation sites (tertiary alicyclic amines) is 1. The molecule has 40 heavy (non-hydrogen) atoms. The number of primary amides is 2. The van der Waals surface area contributed by atoms with E-state index in [4.69, 9.17) is 22.7 Å². The molecule has 0 saturated carbocycles. The molecule has 1 aliphatic heterocycles. The van der Waals surface area contributed by atoms with Gasteiger partial charge in [-0.15, -0.1) is 5.11 Å². The van der Waals surface area contributed by atoms with Crippen LogP contribution in [0.25, 0.3) is 0 Å². The first-order valence-electron chi connectivity index (χ1n) is 13.1. The van der Waals surface area contributed by atoms with Gasteiger partial charge in [0.25, 0.3) is 0 Å². The van der Waals surface area contributed by atoms with Crippen LogP contribution in [0.3, 0.4) is 0 Å². The minimum atomic E-state index is -1.17. The largest absolute Gasteiger partial charge is 0.366 e. The van der Waals surface area contributed by atoms with Crippen LogP contribution in [0.1, 0.15) is 65.5 Å².